The van der Waals surface area contributed by atoms with E-state index < -0.39 is 0 Å². The van der Waals surface area contributed by atoms with E-state index in [-0.39, 0.29) is 18.0 Å². The van der Waals surface area contributed by atoms with Gasteiger partial charge < -0.3 is 4.74 Å². The summed E-state index contributed by atoms with van der Waals surface area (Å²) < 4.78 is 4.98. The van der Waals surface area contributed by atoms with Gasteiger partial charge in [0, 0.05) is 0 Å². The van der Waals surface area contributed by atoms with Crippen molar-refractivity contribution in [1.82, 2.24) is 0 Å². The number of carbonyl (C=O) groups is 1. The van der Waals surface area contributed by atoms with E-state index in [1.807, 2.05) is 6.92 Å². The molecule has 0 aliphatic rings. The Labute approximate surface area is 79.2 Å². The van der Waals surface area contributed by atoms with Crippen molar-refractivity contribution in [1.29, 1.82) is 0 Å². The molecular weight excluding hydrogens is 176 g/mol. The van der Waals surface area contributed by atoms with Crippen molar-refractivity contribution < 1.29 is 9.53 Å². The van der Waals surface area contributed by atoms with Crippen LogP contribution in [0.25, 0.3) is 0 Å². The molecule has 0 aliphatic carbocycles. The monoisotopic (exact) mass is 192 g/mol. The van der Waals surface area contributed by atoms with Crippen molar-refractivity contribution in [2.24, 2.45) is 0 Å². The lowest BCUT2D eigenvalue weighted by molar-refractivity contribution is -0.145. The first-order valence-electron chi connectivity index (χ1n) is 4.46. The third kappa shape index (κ3) is 6.47. The maximum absolute atomic E-state index is 10.7. The van der Waals surface area contributed by atoms with E-state index in [9.17, 15) is 4.79 Å². The number of rotatable bonds is 6. The van der Waals surface area contributed by atoms with Gasteiger partial charge in [0.1, 0.15) is 5.88 Å². The molecule has 0 aromatic carbocycles. The molecule has 0 saturated carbocycles. The first-order valence-corrected chi connectivity index (χ1v) is 4.99. The Kier molecular flexibility index (Phi) is 7.26. The number of hydrogen-bond donors (Lipinski definition) is 0. The average molecular weight is 193 g/mol. The van der Waals surface area contributed by atoms with Gasteiger partial charge in [-0.1, -0.05) is 19.8 Å². The van der Waals surface area contributed by atoms with Gasteiger partial charge in [0.25, 0.3) is 0 Å². The van der Waals surface area contributed by atoms with Crippen LogP contribution in [0.15, 0.2) is 0 Å². The third-order valence-corrected chi connectivity index (χ3v) is 1.87. The van der Waals surface area contributed by atoms with Crippen LogP contribution in [-0.4, -0.2) is 18.0 Å². The van der Waals surface area contributed by atoms with Crippen LogP contribution >= 0.6 is 11.6 Å². The van der Waals surface area contributed by atoms with Gasteiger partial charge in [-0.2, -0.15) is 0 Å². The van der Waals surface area contributed by atoms with Gasteiger partial charge in [0.05, 0.1) is 6.10 Å². The standard InChI is InChI=1S/C9H17ClO2/c1-3-4-5-6-8(2)12-9(11)7-10/h8H,3-7H2,1-2H3/t8-/m1/s1. The van der Waals surface area contributed by atoms with Crippen LogP contribution in [0, 0.1) is 0 Å². The molecule has 12 heavy (non-hydrogen) atoms. The maximum Gasteiger partial charge on any atom is 0.321 e. The van der Waals surface area contributed by atoms with Crippen LogP contribution in [0.5, 0.6) is 0 Å². The Morgan fingerprint density at radius 3 is 2.67 bits per heavy atom. The Bertz CT molecular complexity index is 126. The fourth-order valence-electron chi connectivity index (χ4n) is 0.997. The summed E-state index contributed by atoms with van der Waals surface area (Å²) in [7, 11) is 0. The molecule has 0 fully saturated rings. The molecule has 3 heteroatoms. The van der Waals surface area contributed by atoms with E-state index in [1.54, 1.807) is 0 Å². The SMILES string of the molecule is CCCCC[C@@H](C)OC(=O)CCl. The van der Waals surface area contributed by atoms with Crippen LogP contribution in [0.4, 0.5) is 0 Å². The summed E-state index contributed by atoms with van der Waals surface area (Å²) in [6.07, 6.45) is 4.46. The predicted molar refractivity (Wildman–Crippen MR) is 50.4 cm³/mol. The van der Waals surface area contributed by atoms with E-state index in [4.69, 9.17) is 16.3 Å². The summed E-state index contributed by atoms with van der Waals surface area (Å²) in [6.45, 7) is 4.05. The van der Waals surface area contributed by atoms with E-state index >= 15 is 0 Å². The molecule has 0 aromatic heterocycles. The number of unbranched alkanes of at least 4 members (excludes halogenated alkanes) is 2. The summed E-state index contributed by atoms with van der Waals surface area (Å²) in [5.74, 6) is -0.362. The minimum atomic E-state index is -0.319. The van der Waals surface area contributed by atoms with Gasteiger partial charge in [-0.25, -0.2) is 0 Å². The van der Waals surface area contributed by atoms with Gasteiger partial charge in [0.2, 0.25) is 0 Å². The number of halogens is 1. The number of hydrogen-bond acceptors (Lipinski definition) is 2. The molecule has 0 spiro atoms. The van der Waals surface area contributed by atoms with Crippen LogP contribution in [0.3, 0.4) is 0 Å². The highest BCUT2D eigenvalue weighted by Crippen LogP contribution is 2.06. The van der Waals surface area contributed by atoms with E-state index in [0.717, 1.165) is 12.8 Å². The molecule has 0 unspecified atom stereocenters. The quantitative estimate of drug-likeness (QED) is 0.368. The summed E-state index contributed by atoms with van der Waals surface area (Å²) in [4.78, 5) is 10.7. The van der Waals surface area contributed by atoms with Crippen molar-refractivity contribution in [2.75, 3.05) is 5.88 Å². The van der Waals surface area contributed by atoms with E-state index in [1.165, 1.54) is 12.8 Å². The topological polar surface area (TPSA) is 26.3 Å². The molecule has 1 atom stereocenters. The Morgan fingerprint density at radius 2 is 2.17 bits per heavy atom. The fourth-order valence-corrected chi connectivity index (χ4v) is 1.06. The number of ether oxygens (including phenoxy) is 1. The number of esters is 1. The van der Waals surface area contributed by atoms with Crippen molar-refractivity contribution in [3.05, 3.63) is 0 Å². The third-order valence-electron chi connectivity index (χ3n) is 1.66. The molecule has 0 aliphatic heterocycles. The second-order valence-electron chi connectivity index (χ2n) is 2.93. The van der Waals surface area contributed by atoms with Gasteiger partial charge in [-0.3, -0.25) is 4.79 Å². The molecule has 0 heterocycles. The van der Waals surface area contributed by atoms with Gasteiger partial charge in [0.15, 0.2) is 0 Å². The normalized spacial score (nSPS) is 12.6. The second kappa shape index (κ2) is 7.41. The van der Waals surface area contributed by atoms with Gasteiger partial charge >= 0.3 is 5.97 Å². The predicted octanol–water partition coefficient (Wildman–Crippen LogP) is 2.74. The first-order chi connectivity index (χ1) is 5.70. The van der Waals surface area contributed by atoms with Gasteiger partial charge in [-0.15, -0.1) is 11.6 Å². The van der Waals surface area contributed by atoms with Crippen LogP contribution in [0.2, 0.25) is 0 Å². The van der Waals surface area contributed by atoms with Crippen molar-refractivity contribution >= 4 is 17.6 Å². The second-order valence-corrected chi connectivity index (χ2v) is 3.20. The van der Waals surface area contributed by atoms with Crippen molar-refractivity contribution in [2.45, 2.75) is 45.6 Å². The fraction of sp³-hybridized carbons (Fsp3) is 0.889. The van der Waals surface area contributed by atoms with Crippen LogP contribution < -0.4 is 0 Å². The largest absolute Gasteiger partial charge is 0.462 e. The van der Waals surface area contributed by atoms with Gasteiger partial charge in [-0.05, 0) is 19.8 Å². The first kappa shape index (κ1) is 11.8. The Balaban J connectivity index is 3.32. The lowest BCUT2D eigenvalue weighted by Gasteiger charge is -2.11. The maximum atomic E-state index is 10.7. The zero-order valence-electron chi connectivity index (χ0n) is 7.81. The molecular formula is C9H17ClO2. The summed E-state index contributed by atoms with van der Waals surface area (Å²) in [6, 6.07) is 0. The molecule has 0 N–H and O–H groups in total. The summed E-state index contributed by atoms with van der Waals surface area (Å²) in [5.41, 5.74) is 0. The molecule has 0 radical (unpaired) electrons. The molecule has 0 saturated heterocycles. The van der Waals surface area contributed by atoms with E-state index in [0.29, 0.717) is 0 Å². The minimum Gasteiger partial charge on any atom is -0.462 e. The zero-order chi connectivity index (χ0) is 9.40. The van der Waals surface area contributed by atoms with Crippen molar-refractivity contribution in [3.8, 4) is 0 Å². The van der Waals surface area contributed by atoms with E-state index in [2.05, 4.69) is 6.92 Å². The number of alkyl halides is 1. The summed E-state index contributed by atoms with van der Waals surface area (Å²) in [5, 5.41) is 0. The summed E-state index contributed by atoms with van der Waals surface area (Å²) >= 11 is 5.28. The lowest BCUT2D eigenvalue weighted by Crippen LogP contribution is -2.15. The molecule has 0 aromatic rings. The average Bonchev–Trinajstić information content (AvgIpc) is 2.05. The minimum absolute atomic E-state index is 0.0165. The molecule has 72 valence electrons. The van der Waals surface area contributed by atoms with Crippen molar-refractivity contribution in [3.63, 3.8) is 0 Å². The smallest absolute Gasteiger partial charge is 0.321 e. The molecule has 0 bridgehead atoms. The number of carbonyl (C=O) groups excluding carboxylic acids is 1. The Morgan fingerprint density at radius 1 is 1.50 bits per heavy atom. The molecule has 0 amide bonds. The van der Waals surface area contributed by atoms with Crippen LogP contribution in [0.1, 0.15) is 39.5 Å². The molecule has 0 rings (SSSR count). The van der Waals surface area contributed by atoms with Crippen LogP contribution in [-0.2, 0) is 9.53 Å². The lowest BCUT2D eigenvalue weighted by atomic mass is 10.1. The highest BCUT2D eigenvalue weighted by Gasteiger charge is 2.06. The Hall–Kier alpha value is -0.240. The highest BCUT2D eigenvalue weighted by molar-refractivity contribution is 6.26. The highest BCUT2D eigenvalue weighted by atomic mass is 35.5. The molecule has 2 nitrogen and oxygen atoms in total. The zero-order valence-corrected chi connectivity index (χ0v) is 8.56.